The van der Waals surface area contributed by atoms with Crippen LogP contribution in [-0.4, -0.2) is 26.3 Å². The molecule has 168 valence electrons. The highest BCUT2D eigenvalue weighted by atomic mass is 32.2. The lowest BCUT2D eigenvalue weighted by Gasteiger charge is -2.19. The minimum absolute atomic E-state index is 0.192. The van der Waals surface area contributed by atoms with Crippen LogP contribution in [0.3, 0.4) is 0 Å². The monoisotopic (exact) mass is 463 g/mol. The Morgan fingerprint density at radius 3 is 2.19 bits per heavy atom. The van der Waals surface area contributed by atoms with Gasteiger partial charge in [0.15, 0.2) is 0 Å². The van der Waals surface area contributed by atoms with E-state index in [1.807, 2.05) is 26.0 Å². The molecule has 1 aliphatic rings. The van der Waals surface area contributed by atoms with Crippen LogP contribution in [0.4, 0.5) is 0 Å². The second kappa shape index (κ2) is 9.10. The number of carbonyl (C=O) groups excluding carboxylic acids is 2. The van der Waals surface area contributed by atoms with Gasteiger partial charge in [0.2, 0.25) is 10.0 Å². The summed E-state index contributed by atoms with van der Waals surface area (Å²) in [6.45, 7) is 8.66. The Kier molecular flexibility index (Phi) is 6.88. The Morgan fingerprint density at radius 1 is 0.968 bits per heavy atom. The van der Waals surface area contributed by atoms with Crippen molar-refractivity contribution in [2.24, 2.45) is 0 Å². The smallest absolute Gasteiger partial charge is 0.271 e. The maximum absolute atomic E-state index is 13.0. The molecule has 0 radical (unpaired) electrons. The molecule has 0 aliphatic heterocycles. The molecule has 9 heteroatoms. The number of fused-ring (bicyclic) bond motifs is 1. The SMILES string of the molecule is Cc1cc(C)c(C)c(S(=O)(=O)N[C@@H](C)C(=O)NNC(=O)c2cc3c(s2)CCCC3)c1C. The number of hydrogen-bond acceptors (Lipinski definition) is 5. The number of thiophene rings is 1. The molecule has 7 nitrogen and oxygen atoms in total. The Morgan fingerprint density at radius 2 is 1.58 bits per heavy atom. The third-order valence-corrected chi connectivity index (χ3v) is 8.86. The van der Waals surface area contributed by atoms with Crippen molar-refractivity contribution in [1.82, 2.24) is 15.6 Å². The van der Waals surface area contributed by atoms with Crippen molar-refractivity contribution in [3.05, 3.63) is 49.7 Å². The highest BCUT2D eigenvalue weighted by Gasteiger charge is 2.27. The third-order valence-electron chi connectivity index (χ3n) is 5.81. The fourth-order valence-electron chi connectivity index (χ4n) is 3.82. The first-order chi connectivity index (χ1) is 14.5. The van der Waals surface area contributed by atoms with Gasteiger partial charge in [0.05, 0.1) is 15.8 Å². The quantitative estimate of drug-likeness (QED) is 0.593. The fourth-order valence-corrected chi connectivity index (χ4v) is 6.79. The summed E-state index contributed by atoms with van der Waals surface area (Å²) >= 11 is 1.44. The highest BCUT2D eigenvalue weighted by molar-refractivity contribution is 7.89. The van der Waals surface area contributed by atoms with E-state index in [1.165, 1.54) is 28.7 Å². The number of benzene rings is 1. The molecule has 3 rings (SSSR count). The molecule has 1 aromatic heterocycles. The lowest BCUT2D eigenvalue weighted by molar-refractivity contribution is -0.123. The Balaban J connectivity index is 1.65. The first-order valence-corrected chi connectivity index (χ1v) is 12.6. The average Bonchev–Trinajstić information content (AvgIpc) is 3.14. The summed E-state index contributed by atoms with van der Waals surface area (Å²) in [5, 5.41) is 0. The van der Waals surface area contributed by atoms with Crippen LogP contribution in [0, 0.1) is 27.7 Å². The molecule has 1 heterocycles. The fraction of sp³-hybridized carbons (Fsp3) is 0.455. The van der Waals surface area contributed by atoms with E-state index < -0.39 is 27.9 Å². The molecule has 31 heavy (non-hydrogen) atoms. The van der Waals surface area contributed by atoms with Crippen molar-refractivity contribution in [3.8, 4) is 0 Å². The topological polar surface area (TPSA) is 104 Å². The van der Waals surface area contributed by atoms with E-state index >= 15 is 0 Å². The summed E-state index contributed by atoms with van der Waals surface area (Å²) in [5.41, 5.74) is 8.96. The number of nitrogens with one attached hydrogen (secondary N) is 3. The van der Waals surface area contributed by atoms with E-state index in [0.717, 1.165) is 36.8 Å². The van der Waals surface area contributed by atoms with Crippen molar-refractivity contribution < 1.29 is 18.0 Å². The van der Waals surface area contributed by atoms with Crippen LogP contribution in [0.1, 0.15) is 62.1 Å². The van der Waals surface area contributed by atoms with E-state index in [-0.39, 0.29) is 4.90 Å². The summed E-state index contributed by atoms with van der Waals surface area (Å²) in [4.78, 5) is 26.8. The maximum atomic E-state index is 13.0. The lowest BCUT2D eigenvalue weighted by atomic mass is 9.99. The van der Waals surface area contributed by atoms with E-state index in [0.29, 0.717) is 16.0 Å². The van der Waals surface area contributed by atoms with Crippen LogP contribution in [0.15, 0.2) is 17.0 Å². The Bertz CT molecular complexity index is 1090. The zero-order valence-electron chi connectivity index (χ0n) is 18.5. The molecule has 0 unspecified atom stereocenters. The molecule has 2 aromatic rings. The minimum Gasteiger partial charge on any atom is -0.271 e. The molecule has 3 N–H and O–H groups in total. The van der Waals surface area contributed by atoms with E-state index in [4.69, 9.17) is 0 Å². The first kappa shape index (κ1) is 23.4. The average molecular weight is 464 g/mol. The second-order valence-electron chi connectivity index (χ2n) is 8.14. The maximum Gasteiger partial charge on any atom is 0.279 e. The highest BCUT2D eigenvalue weighted by Crippen LogP contribution is 2.29. The largest absolute Gasteiger partial charge is 0.279 e. The van der Waals surface area contributed by atoms with Crippen molar-refractivity contribution in [1.29, 1.82) is 0 Å². The van der Waals surface area contributed by atoms with Crippen molar-refractivity contribution in [2.45, 2.75) is 71.2 Å². The normalized spacial score (nSPS) is 14.6. The summed E-state index contributed by atoms with van der Waals surface area (Å²) in [7, 11) is -3.93. The molecule has 2 amide bonds. The van der Waals surface area contributed by atoms with Crippen LogP contribution in [0.2, 0.25) is 0 Å². The van der Waals surface area contributed by atoms with Gasteiger partial charge in [-0.05, 0) is 94.2 Å². The molecule has 0 fully saturated rings. The standard InChI is InChI=1S/C22H29N3O4S2/c1-12-10-13(2)15(4)20(14(12)3)31(28,29)25-16(5)21(26)23-24-22(27)19-11-17-8-6-7-9-18(17)30-19/h10-11,16,25H,6-9H2,1-5H3,(H,23,26)(H,24,27)/t16-/m0/s1. The van der Waals surface area contributed by atoms with Gasteiger partial charge in [0.25, 0.3) is 11.8 Å². The van der Waals surface area contributed by atoms with Gasteiger partial charge in [0, 0.05) is 4.88 Å². The predicted octanol–water partition coefficient (Wildman–Crippen LogP) is 2.99. The van der Waals surface area contributed by atoms with Gasteiger partial charge in [-0.2, -0.15) is 4.72 Å². The van der Waals surface area contributed by atoms with Crippen molar-refractivity contribution in [2.75, 3.05) is 0 Å². The third kappa shape index (κ3) is 4.99. The van der Waals surface area contributed by atoms with Gasteiger partial charge >= 0.3 is 0 Å². The van der Waals surface area contributed by atoms with Gasteiger partial charge in [-0.25, -0.2) is 8.42 Å². The first-order valence-electron chi connectivity index (χ1n) is 10.3. The lowest BCUT2D eigenvalue weighted by Crippen LogP contribution is -2.51. The Hall–Kier alpha value is -2.23. The van der Waals surface area contributed by atoms with Gasteiger partial charge in [-0.15, -0.1) is 11.3 Å². The number of aryl methyl sites for hydroxylation is 4. The van der Waals surface area contributed by atoms with Gasteiger partial charge in [0.1, 0.15) is 0 Å². The molecule has 1 atom stereocenters. The van der Waals surface area contributed by atoms with E-state index in [2.05, 4.69) is 15.6 Å². The number of rotatable bonds is 5. The van der Waals surface area contributed by atoms with Crippen LogP contribution >= 0.6 is 11.3 Å². The second-order valence-corrected chi connectivity index (χ2v) is 10.9. The van der Waals surface area contributed by atoms with Crippen LogP contribution in [-0.2, 0) is 27.7 Å². The minimum atomic E-state index is -3.93. The molecule has 1 aromatic carbocycles. The molecule has 0 saturated heterocycles. The van der Waals surface area contributed by atoms with E-state index in [9.17, 15) is 18.0 Å². The van der Waals surface area contributed by atoms with Gasteiger partial charge in [-0.1, -0.05) is 6.07 Å². The zero-order valence-corrected chi connectivity index (χ0v) is 20.1. The summed E-state index contributed by atoms with van der Waals surface area (Å²) < 4.78 is 28.4. The van der Waals surface area contributed by atoms with Crippen molar-refractivity contribution in [3.63, 3.8) is 0 Å². The molecule has 0 saturated carbocycles. The van der Waals surface area contributed by atoms with E-state index in [1.54, 1.807) is 13.8 Å². The number of amides is 2. The van der Waals surface area contributed by atoms with Gasteiger partial charge in [-0.3, -0.25) is 20.4 Å². The number of sulfonamides is 1. The van der Waals surface area contributed by atoms with Crippen LogP contribution in [0.5, 0.6) is 0 Å². The molecule has 0 bridgehead atoms. The zero-order chi connectivity index (χ0) is 22.9. The number of hydrogen-bond donors (Lipinski definition) is 3. The van der Waals surface area contributed by atoms with Crippen molar-refractivity contribution >= 4 is 33.2 Å². The predicted molar refractivity (Wildman–Crippen MR) is 122 cm³/mol. The number of hydrazine groups is 1. The number of carbonyl (C=O) groups is 2. The Labute approximate surface area is 187 Å². The molecule has 0 spiro atoms. The molecule has 1 aliphatic carbocycles. The van der Waals surface area contributed by atoms with Crippen LogP contribution < -0.4 is 15.6 Å². The van der Waals surface area contributed by atoms with Crippen LogP contribution in [0.25, 0.3) is 0 Å². The van der Waals surface area contributed by atoms with Gasteiger partial charge < -0.3 is 0 Å². The molecular weight excluding hydrogens is 434 g/mol. The summed E-state index contributed by atoms with van der Waals surface area (Å²) in [6.07, 6.45) is 4.21. The molecular formula is C22H29N3O4S2. The summed E-state index contributed by atoms with van der Waals surface area (Å²) in [5.74, 6) is -1.04. The summed E-state index contributed by atoms with van der Waals surface area (Å²) in [6, 6.07) is 2.75.